The number of benzene rings is 1. The van der Waals surface area contributed by atoms with Crippen molar-refractivity contribution in [2.75, 3.05) is 17.2 Å². The molecular weight excluding hydrogens is 184 g/mol. The highest BCUT2D eigenvalue weighted by Crippen LogP contribution is 2.33. The van der Waals surface area contributed by atoms with E-state index in [0.717, 1.165) is 6.54 Å². The molecule has 1 aromatic carbocycles. The maximum Gasteiger partial charge on any atom is 0.0474 e. The van der Waals surface area contributed by atoms with Gasteiger partial charge < -0.3 is 10.6 Å². The van der Waals surface area contributed by atoms with Crippen LogP contribution in [0.5, 0.6) is 0 Å². The lowest BCUT2D eigenvalue weighted by Gasteiger charge is -2.21. The summed E-state index contributed by atoms with van der Waals surface area (Å²) in [7, 11) is 0. The molecule has 2 heteroatoms. The van der Waals surface area contributed by atoms with E-state index in [1.807, 2.05) is 12.3 Å². The molecule has 0 saturated carbocycles. The monoisotopic (exact) mass is 198 g/mol. The van der Waals surface area contributed by atoms with Crippen molar-refractivity contribution in [2.45, 2.75) is 12.8 Å². The van der Waals surface area contributed by atoms with Gasteiger partial charge in [0.05, 0.1) is 0 Å². The van der Waals surface area contributed by atoms with Gasteiger partial charge >= 0.3 is 0 Å². The van der Waals surface area contributed by atoms with Crippen molar-refractivity contribution in [3.8, 4) is 0 Å². The Morgan fingerprint density at radius 2 is 2.13 bits per heavy atom. The van der Waals surface area contributed by atoms with Crippen LogP contribution in [-0.4, -0.2) is 6.54 Å². The summed E-state index contributed by atoms with van der Waals surface area (Å²) in [5.74, 6) is 0. The van der Waals surface area contributed by atoms with Crippen molar-refractivity contribution in [3.63, 3.8) is 0 Å². The van der Waals surface area contributed by atoms with E-state index in [9.17, 15) is 0 Å². The Hall–Kier alpha value is -1.70. The predicted octanol–water partition coefficient (Wildman–Crippen LogP) is 3.00. The second-order valence-corrected chi connectivity index (χ2v) is 3.95. The standard InChI is InChI=1S/C13H14N2/c1-2-8-14-12-7-6-10-4-3-9-15-13(10)11(12)5-1/h1-2,5-8,14-15H,3-4,9H2. The fourth-order valence-electron chi connectivity index (χ4n) is 2.22. The molecule has 2 heterocycles. The van der Waals surface area contributed by atoms with Gasteiger partial charge in [-0.25, -0.2) is 0 Å². The lowest BCUT2D eigenvalue weighted by Crippen LogP contribution is -2.13. The normalized spacial score (nSPS) is 17.1. The Bertz CT molecular complexity index is 444. The highest BCUT2D eigenvalue weighted by atomic mass is 14.9. The van der Waals surface area contributed by atoms with Crippen molar-refractivity contribution in [2.24, 2.45) is 0 Å². The van der Waals surface area contributed by atoms with E-state index in [4.69, 9.17) is 0 Å². The molecule has 0 bridgehead atoms. The Morgan fingerprint density at radius 1 is 1.13 bits per heavy atom. The summed E-state index contributed by atoms with van der Waals surface area (Å²) >= 11 is 0. The lowest BCUT2D eigenvalue weighted by atomic mass is 9.98. The van der Waals surface area contributed by atoms with Crippen LogP contribution in [0.15, 0.2) is 30.5 Å². The number of hydrogen-bond donors (Lipinski definition) is 2. The highest BCUT2D eigenvalue weighted by molar-refractivity contribution is 5.82. The topological polar surface area (TPSA) is 24.1 Å². The van der Waals surface area contributed by atoms with Gasteiger partial charge in [-0.3, -0.25) is 0 Å². The van der Waals surface area contributed by atoms with E-state index >= 15 is 0 Å². The van der Waals surface area contributed by atoms with Gasteiger partial charge in [0.25, 0.3) is 0 Å². The maximum atomic E-state index is 3.50. The van der Waals surface area contributed by atoms with Crippen molar-refractivity contribution < 1.29 is 0 Å². The third-order valence-corrected chi connectivity index (χ3v) is 2.97. The zero-order chi connectivity index (χ0) is 10.1. The van der Waals surface area contributed by atoms with E-state index < -0.39 is 0 Å². The minimum absolute atomic E-state index is 1.09. The first-order chi connectivity index (χ1) is 7.45. The van der Waals surface area contributed by atoms with E-state index in [1.165, 1.54) is 35.3 Å². The molecule has 0 atom stereocenters. The minimum atomic E-state index is 1.09. The number of hydrogen-bond acceptors (Lipinski definition) is 2. The van der Waals surface area contributed by atoms with Crippen LogP contribution in [0.4, 0.5) is 11.4 Å². The van der Waals surface area contributed by atoms with Crippen LogP contribution in [0.25, 0.3) is 6.08 Å². The Kier molecular flexibility index (Phi) is 1.98. The first kappa shape index (κ1) is 8.60. The van der Waals surface area contributed by atoms with Crippen molar-refractivity contribution in [1.82, 2.24) is 0 Å². The van der Waals surface area contributed by atoms with Gasteiger partial charge in [0.15, 0.2) is 0 Å². The molecule has 2 aliphatic rings. The summed E-state index contributed by atoms with van der Waals surface area (Å²) in [6.45, 7) is 1.09. The first-order valence-corrected chi connectivity index (χ1v) is 5.45. The minimum Gasteiger partial charge on any atom is -0.384 e. The quantitative estimate of drug-likeness (QED) is 0.669. The molecule has 2 nitrogen and oxygen atoms in total. The molecule has 1 aromatic rings. The third-order valence-electron chi connectivity index (χ3n) is 2.97. The third kappa shape index (κ3) is 1.42. The largest absolute Gasteiger partial charge is 0.384 e. The van der Waals surface area contributed by atoms with Crippen LogP contribution in [0.2, 0.25) is 0 Å². The average Bonchev–Trinajstić information content (AvgIpc) is 2.54. The highest BCUT2D eigenvalue weighted by Gasteiger charge is 2.14. The van der Waals surface area contributed by atoms with Gasteiger partial charge in [-0.2, -0.15) is 0 Å². The molecule has 2 aliphatic heterocycles. The molecule has 76 valence electrons. The number of nitrogens with one attached hydrogen (secondary N) is 2. The van der Waals surface area contributed by atoms with Crippen LogP contribution >= 0.6 is 0 Å². The summed E-state index contributed by atoms with van der Waals surface area (Å²) in [6.07, 6.45) is 10.7. The van der Waals surface area contributed by atoms with E-state index in [0.29, 0.717) is 0 Å². The van der Waals surface area contributed by atoms with Gasteiger partial charge in [0.1, 0.15) is 0 Å². The van der Waals surface area contributed by atoms with Crippen LogP contribution < -0.4 is 10.6 Å². The number of aryl methyl sites for hydroxylation is 1. The number of allylic oxidation sites excluding steroid dienone is 2. The van der Waals surface area contributed by atoms with Crippen LogP contribution in [0, 0.1) is 0 Å². The van der Waals surface area contributed by atoms with E-state index in [2.05, 4.69) is 34.9 Å². The summed E-state index contributed by atoms with van der Waals surface area (Å²) in [5.41, 5.74) is 5.23. The Morgan fingerprint density at radius 3 is 3.13 bits per heavy atom. The van der Waals surface area contributed by atoms with E-state index in [-0.39, 0.29) is 0 Å². The Labute approximate surface area is 89.7 Å². The number of rotatable bonds is 0. The average molecular weight is 198 g/mol. The van der Waals surface area contributed by atoms with Crippen molar-refractivity contribution in [1.29, 1.82) is 0 Å². The molecule has 0 unspecified atom stereocenters. The molecule has 0 spiro atoms. The van der Waals surface area contributed by atoms with Gasteiger partial charge in [-0.15, -0.1) is 0 Å². The molecule has 0 saturated heterocycles. The molecule has 0 aliphatic carbocycles. The van der Waals surface area contributed by atoms with E-state index in [1.54, 1.807) is 0 Å². The molecule has 2 N–H and O–H groups in total. The molecule has 0 radical (unpaired) electrons. The summed E-state index contributed by atoms with van der Waals surface area (Å²) < 4.78 is 0. The predicted molar refractivity (Wildman–Crippen MR) is 65.0 cm³/mol. The fourth-order valence-corrected chi connectivity index (χ4v) is 2.22. The van der Waals surface area contributed by atoms with Crippen LogP contribution in [-0.2, 0) is 6.42 Å². The molecule has 0 amide bonds. The van der Waals surface area contributed by atoms with Crippen molar-refractivity contribution in [3.05, 3.63) is 41.6 Å². The van der Waals surface area contributed by atoms with Gasteiger partial charge in [0.2, 0.25) is 0 Å². The zero-order valence-electron chi connectivity index (χ0n) is 8.59. The van der Waals surface area contributed by atoms with Crippen LogP contribution in [0.3, 0.4) is 0 Å². The summed E-state index contributed by atoms with van der Waals surface area (Å²) in [6, 6.07) is 4.39. The lowest BCUT2D eigenvalue weighted by molar-refractivity contribution is 0.830. The molecule has 3 rings (SSSR count). The molecular formula is C13H14N2. The van der Waals surface area contributed by atoms with Gasteiger partial charge in [-0.05, 0) is 30.5 Å². The second kappa shape index (κ2) is 3.46. The Balaban J connectivity index is 2.17. The fraction of sp³-hybridized carbons (Fsp3) is 0.231. The van der Waals surface area contributed by atoms with Gasteiger partial charge in [-0.1, -0.05) is 18.2 Å². The molecule has 15 heavy (non-hydrogen) atoms. The number of fused-ring (bicyclic) bond motifs is 3. The zero-order valence-corrected chi connectivity index (χ0v) is 8.59. The van der Waals surface area contributed by atoms with Crippen molar-refractivity contribution >= 4 is 17.5 Å². The number of anilines is 2. The summed E-state index contributed by atoms with van der Waals surface area (Å²) in [5, 5.41) is 6.79. The SMILES string of the molecule is C1=CNc2ccc3c(c2C=C1)NCCC3. The maximum absolute atomic E-state index is 3.50. The smallest absolute Gasteiger partial charge is 0.0474 e. The van der Waals surface area contributed by atoms with Crippen LogP contribution in [0.1, 0.15) is 17.5 Å². The second-order valence-electron chi connectivity index (χ2n) is 3.95. The summed E-state index contributed by atoms with van der Waals surface area (Å²) in [4.78, 5) is 0. The first-order valence-electron chi connectivity index (χ1n) is 5.45. The van der Waals surface area contributed by atoms with Gasteiger partial charge in [0, 0.05) is 29.7 Å². The molecule has 0 aromatic heterocycles. The molecule has 0 fully saturated rings.